The molecule has 0 amide bonds. The molecule has 0 radical (unpaired) electrons. The zero-order chi connectivity index (χ0) is 24.4. The number of nitrogens with zero attached hydrogens (tertiary/aromatic N) is 4. The van der Waals surface area contributed by atoms with Crippen LogP contribution in [0, 0.1) is 6.92 Å². The molecular weight excluding hydrogens is 451 g/mol. The van der Waals surface area contributed by atoms with Crippen molar-refractivity contribution < 1.29 is 13.2 Å². The molecule has 1 saturated heterocycles. The fraction of sp³-hybridized carbons (Fsp3) is 0.296. The molecule has 0 bridgehead atoms. The van der Waals surface area contributed by atoms with Crippen LogP contribution < -0.4 is 9.80 Å². The molecular formula is C27H28F3N5. The Morgan fingerprint density at radius 1 is 0.971 bits per heavy atom. The van der Waals surface area contributed by atoms with Gasteiger partial charge in [0.15, 0.2) is 0 Å². The van der Waals surface area contributed by atoms with Crippen LogP contribution in [-0.4, -0.2) is 48.8 Å². The van der Waals surface area contributed by atoms with Gasteiger partial charge in [-0.2, -0.15) is 13.2 Å². The van der Waals surface area contributed by atoms with E-state index in [0.717, 1.165) is 48.3 Å². The predicted molar refractivity (Wildman–Crippen MR) is 135 cm³/mol. The standard InChI is InChI=1S/C27H28F3N5/c1-20-26(35-12-10-31-11-13-35)24(25(32-20)21-6-3-2-4-7-21)19-33-14-16-34(17-15-33)23-9-5-8-22(18-23)27(28,29)30/h2-12,18,32H,13-17,19H2,1H3. The summed E-state index contributed by atoms with van der Waals surface area (Å²) in [6.07, 6.45) is 1.36. The second kappa shape index (κ2) is 9.62. The average Bonchev–Trinajstić information content (AvgIpc) is 3.20. The molecule has 2 aliphatic heterocycles. The van der Waals surface area contributed by atoms with Crippen molar-refractivity contribution in [1.29, 1.82) is 0 Å². The number of nitrogens with one attached hydrogen (secondary N) is 1. The van der Waals surface area contributed by atoms with E-state index in [1.54, 1.807) is 12.3 Å². The lowest BCUT2D eigenvalue weighted by atomic mass is 10.0. The van der Waals surface area contributed by atoms with Gasteiger partial charge in [-0.25, -0.2) is 0 Å². The number of H-pyrrole nitrogens is 1. The van der Waals surface area contributed by atoms with Crippen LogP contribution in [0.1, 0.15) is 16.8 Å². The summed E-state index contributed by atoms with van der Waals surface area (Å²) in [7, 11) is 0. The van der Waals surface area contributed by atoms with Crippen molar-refractivity contribution in [2.45, 2.75) is 19.6 Å². The SMILES string of the molecule is Cc1[nH]c(-c2ccccc2)c(CN2CCN(c3cccc(C(F)(F)F)c3)CC2)c1N1C=CN=CC1. The third-order valence-electron chi connectivity index (χ3n) is 6.61. The van der Waals surface area contributed by atoms with E-state index in [1.807, 2.05) is 35.5 Å². The molecule has 5 nitrogen and oxygen atoms in total. The number of benzene rings is 2. The van der Waals surface area contributed by atoms with Crippen LogP contribution in [0.15, 0.2) is 72.0 Å². The molecule has 0 saturated carbocycles. The van der Waals surface area contributed by atoms with E-state index in [1.165, 1.54) is 17.7 Å². The van der Waals surface area contributed by atoms with E-state index in [-0.39, 0.29) is 0 Å². The number of aromatic nitrogens is 1. The lowest BCUT2D eigenvalue weighted by Crippen LogP contribution is -2.46. The minimum atomic E-state index is -4.33. The Balaban J connectivity index is 1.37. The molecule has 1 N–H and O–H groups in total. The normalized spacial score (nSPS) is 16.8. The summed E-state index contributed by atoms with van der Waals surface area (Å²) in [5.74, 6) is 0. The van der Waals surface area contributed by atoms with Crippen LogP contribution in [0.3, 0.4) is 0 Å². The fourth-order valence-corrected chi connectivity index (χ4v) is 4.87. The first-order chi connectivity index (χ1) is 16.9. The van der Waals surface area contributed by atoms with Gasteiger partial charge in [-0.3, -0.25) is 9.89 Å². The second-order valence-corrected chi connectivity index (χ2v) is 8.91. The molecule has 182 valence electrons. The molecule has 35 heavy (non-hydrogen) atoms. The Kier molecular flexibility index (Phi) is 6.38. The number of aromatic amines is 1. The number of halogens is 3. The smallest absolute Gasteiger partial charge is 0.369 e. The van der Waals surface area contributed by atoms with Gasteiger partial charge in [0, 0.05) is 68.3 Å². The highest BCUT2D eigenvalue weighted by atomic mass is 19.4. The highest BCUT2D eigenvalue weighted by Gasteiger charge is 2.31. The maximum absolute atomic E-state index is 13.2. The van der Waals surface area contributed by atoms with Crippen molar-refractivity contribution in [3.8, 4) is 11.3 Å². The van der Waals surface area contributed by atoms with Crippen LogP contribution in [-0.2, 0) is 12.7 Å². The van der Waals surface area contributed by atoms with E-state index in [4.69, 9.17) is 0 Å². The number of alkyl halides is 3. The largest absolute Gasteiger partial charge is 0.416 e. The molecule has 1 aromatic heterocycles. The van der Waals surface area contributed by atoms with Crippen LogP contribution >= 0.6 is 0 Å². The number of hydrogen-bond donors (Lipinski definition) is 1. The zero-order valence-electron chi connectivity index (χ0n) is 19.6. The minimum absolute atomic E-state index is 0.601. The van der Waals surface area contributed by atoms with E-state index < -0.39 is 11.7 Å². The van der Waals surface area contributed by atoms with Crippen LogP contribution in [0.2, 0.25) is 0 Å². The lowest BCUT2D eigenvalue weighted by Gasteiger charge is -2.37. The Bertz CT molecular complexity index is 1220. The first-order valence-electron chi connectivity index (χ1n) is 11.8. The number of aliphatic imine (C=N–C) groups is 1. The van der Waals surface area contributed by atoms with Gasteiger partial charge in [0.1, 0.15) is 0 Å². The zero-order valence-corrected chi connectivity index (χ0v) is 19.6. The summed E-state index contributed by atoms with van der Waals surface area (Å²) in [5, 5.41) is 0. The van der Waals surface area contributed by atoms with Gasteiger partial charge in [-0.15, -0.1) is 0 Å². The van der Waals surface area contributed by atoms with Crippen LogP contribution in [0.5, 0.6) is 0 Å². The first-order valence-corrected chi connectivity index (χ1v) is 11.8. The topological polar surface area (TPSA) is 37.9 Å². The maximum atomic E-state index is 13.2. The Labute approximate surface area is 203 Å². The van der Waals surface area contributed by atoms with Crippen molar-refractivity contribution in [3.05, 3.63) is 83.8 Å². The molecule has 0 atom stereocenters. The van der Waals surface area contributed by atoms with E-state index >= 15 is 0 Å². The Morgan fingerprint density at radius 3 is 2.43 bits per heavy atom. The van der Waals surface area contributed by atoms with Crippen molar-refractivity contribution in [1.82, 2.24) is 9.88 Å². The van der Waals surface area contributed by atoms with Crippen LogP contribution in [0.25, 0.3) is 11.3 Å². The van der Waals surface area contributed by atoms with Crippen LogP contribution in [0.4, 0.5) is 24.5 Å². The number of aryl methyl sites for hydroxylation is 1. The molecule has 8 heteroatoms. The van der Waals surface area contributed by atoms with Gasteiger partial charge in [0.25, 0.3) is 0 Å². The number of piperazine rings is 1. The lowest BCUT2D eigenvalue weighted by molar-refractivity contribution is -0.137. The average molecular weight is 480 g/mol. The summed E-state index contributed by atoms with van der Waals surface area (Å²) in [6, 6.07) is 15.9. The van der Waals surface area contributed by atoms with Gasteiger partial charge < -0.3 is 14.8 Å². The highest BCUT2D eigenvalue weighted by Crippen LogP contribution is 2.37. The fourth-order valence-electron chi connectivity index (χ4n) is 4.87. The summed E-state index contributed by atoms with van der Waals surface area (Å²) < 4.78 is 39.5. The first kappa shape index (κ1) is 23.2. The minimum Gasteiger partial charge on any atom is -0.369 e. The van der Waals surface area contributed by atoms with Gasteiger partial charge in [0.05, 0.1) is 23.5 Å². The predicted octanol–water partition coefficient (Wildman–Crippen LogP) is 5.69. The second-order valence-electron chi connectivity index (χ2n) is 8.91. The van der Waals surface area contributed by atoms with Crippen molar-refractivity contribution in [2.24, 2.45) is 4.99 Å². The van der Waals surface area contributed by atoms with Gasteiger partial charge >= 0.3 is 6.18 Å². The maximum Gasteiger partial charge on any atom is 0.416 e. The summed E-state index contributed by atoms with van der Waals surface area (Å²) in [4.78, 5) is 14.4. The van der Waals surface area contributed by atoms with Gasteiger partial charge in [0.2, 0.25) is 0 Å². The Morgan fingerprint density at radius 2 is 1.74 bits per heavy atom. The number of anilines is 2. The molecule has 3 heterocycles. The third kappa shape index (κ3) is 4.98. The van der Waals surface area contributed by atoms with E-state index in [9.17, 15) is 13.2 Å². The summed E-state index contributed by atoms with van der Waals surface area (Å²) in [6.45, 7) is 6.45. The molecule has 1 fully saturated rings. The monoisotopic (exact) mass is 479 g/mol. The van der Waals surface area contributed by atoms with Crippen molar-refractivity contribution in [2.75, 3.05) is 42.5 Å². The van der Waals surface area contributed by atoms with Crippen molar-refractivity contribution in [3.63, 3.8) is 0 Å². The third-order valence-corrected chi connectivity index (χ3v) is 6.61. The van der Waals surface area contributed by atoms with Gasteiger partial charge in [-0.05, 0) is 30.7 Å². The molecule has 2 aliphatic rings. The number of hydrogen-bond acceptors (Lipinski definition) is 4. The quantitative estimate of drug-likeness (QED) is 0.511. The Hall–Kier alpha value is -3.52. The molecule has 5 rings (SSSR count). The molecule has 0 spiro atoms. The van der Waals surface area contributed by atoms with E-state index in [0.29, 0.717) is 25.3 Å². The summed E-state index contributed by atoms with van der Waals surface area (Å²) in [5.41, 5.74) is 5.74. The van der Waals surface area contributed by atoms with Gasteiger partial charge in [-0.1, -0.05) is 36.4 Å². The molecule has 0 unspecified atom stereocenters. The molecule has 3 aromatic rings. The molecule has 2 aromatic carbocycles. The molecule has 0 aliphatic carbocycles. The van der Waals surface area contributed by atoms with E-state index in [2.05, 4.69) is 38.8 Å². The summed E-state index contributed by atoms with van der Waals surface area (Å²) >= 11 is 0. The highest BCUT2D eigenvalue weighted by molar-refractivity contribution is 5.79. The van der Waals surface area contributed by atoms with Crippen molar-refractivity contribution >= 4 is 17.6 Å². The number of rotatable bonds is 5.